The smallest absolute Gasteiger partial charge is 0.193 e. The van der Waals surface area contributed by atoms with E-state index in [0.29, 0.717) is 12.6 Å². The van der Waals surface area contributed by atoms with Crippen LogP contribution in [0.5, 0.6) is 0 Å². The first-order chi connectivity index (χ1) is 11.3. The van der Waals surface area contributed by atoms with Crippen molar-refractivity contribution in [1.29, 1.82) is 0 Å². The molecule has 1 N–H and O–H groups in total. The predicted octanol–water partition coefficient (Wildman–Crippen LogP) is 1.82. The van der Waals surface area contributed by atoms with Gasteiger partial charge in [-0.1, -0.05) is 29.8 Å². The van der Waals surface area contributed by atoms with Crippen LogP contribution < -0.4 is 5.32 Å². The minimum Gasteiger partial charge on any atom is -0.379 e. The van der Waals surface area contributed by atoms with E-state index >= 15 is 0 Å². The lowest BCUT2D eigenvalue weighted by Crippen LogP contribution is -2.46. The quantitative estimate of drug-likeness (QED) is 0.675. The maximum absolute atomic E-state index is 6.22. The van der Waals surface area contributed by atoms with E-state index in [2.05, 4.69) is 20.1 Å². The molecule has 0 saturated carbocycles. The van der Waals surface area contributed by atoms with Gasteiger partial charge in [0.1, 0.15) is 0 Å². The van der Waals surface area contributed by atoms with Crippen LogP contribution in [0, 0.1) is 0 Å². The Hall–Kier alpha value is -1.30. The first-order valence-electron chi connectivity index (χ1n) is 8.28. The van der Waals surface area contributed by atoms with E-state index in [-0.39, 0.29) is 0 Å². The summed E-state index contributed by atoms with van der Waals surface area (Å²) in [7, 11) is 1.84. The Morgan fingerprint density at radius 2 is 2.09 bits per heavy atom. The second kappa shape index (κ2) is 7.99. The molecular formula is C17H25ClN4O. The van der Waals surface area contributed by atoms with Crippen molar-refractivity contribution in [1.82, 2.24) is 15.1 Å². The summed E-state index contributed by atoms with van der Waals surface area (Å²) in [5.74, 6) is 0.959. The summed E-state index contributed by atoms with van der Waals surface area (Å²) in [6, 6.07) is 8.54. The summed E-state index contributed by atoms with van der Waals surface area (Å²) in [6.45, 7) is 6.58. The molecule has 2 aliphatic heterocycles. The fourth-order valence-electron chi connectivity index (χ4n) is 3.32. The lowest BCUT2D eigenvalue weighted by atomic mass is 10.2. The standard InChI is InChI=1S/C17H25ClN4O/c1-19-17(20-12-14-4-2-3-5-16(14)18)22-7-6-15(13-22)21-8-10-23-11-9-21/h2-5,15H,6-13H2,1H3,(H,19,20). The van der Waals surface area contributed by atoms with Gasteiger partial charge in [-0.05, 0) is 18.1 Å². The van der Waals surface area contributed by atoms with Crippen molar-refractivity contribution in [2.24, 2.45) is 4.99 Å². The third-order valence-corrected chi connectivity index (χ3v) is 5.00. The van der Waals surface area contributed by atoms with Crippen molar-refractivity contribution < 1.29 is 4.74 Å². The molecule has 1 aromatic rings. The van der Waals surface area contributed by atoms with E-state index in [0.717, 1.165) is 55.9 Å². The highest BCUT2D eigenvalue weighted by Gasteiger charge is 2.30. The zero-order valence-corrected chi connectivity index (χ0v) is 14.4. The fraction of sp³-hybridized carbons (Fsp3) is 0.588. The van der Waals surface area contributed by atoms with Crippen LogP contribution in [0.3, 0.4) is 0 Å². The zero-order chi connectivity index (χ0) is 16.1. The topological polar surface area (TPSA) is 40.1 Å². The van der Waals surface area contributed by atoms with Gasteiger partial charge >= 0.3 is 0 Å². The summed E-state index contributed by atoms with van der Waals surface area (Å²) in [6.07, 6.45) is 1.19. The van der Waals surface area contributed by atoms with Gasteiger partial charge in [0, 0.05) is 50.8 Å². The maximum atomic E-state index is 6.22. The van der Waals surface area contributed by atoms with Crippen LogP contribution in [0.15, 0.2) is 29.3 Å². The van der Waals surface area contributed by atoms with Gasteiger partial charge in [-0.3, -0.25) is 9.89 Å². The molecule has 2 heterocycles. The average Bonchev–Trinajstić information content (AvgIpc) is 3.08. The van der Waals surface area contributed by atoms with Gasteiger partial charge in [0.2, 0.25) is 0 Å². The summed E-state index contributed by atoms with van der Waals surface area (Å²) < 4.78 is 5.45. The molecule has 0 aliphatic carbocycles. The lowest BCUT2D eigenvalue weighted by molar-refractivity contribution is 0.0195. The molecule has 5 nitrogen and oxygen atoms in total. The second-order valence-corrected chi connectivity index (χ2v) is 6.44. The number of nitrogens with one attached hydrogen (secondary N) is 1. The molecule has 0 spiro atoms. The molecule has 126 valence electrons. The van der Waals surface area contributed by atoms with Crippen LogP contribution in [0.4, 0.5) is 0 Å². The lowest BCUT2D eigenvalue weighted by Gasteiger charge is -2.32. The zero-order valence-electron chi connectivity index (χ0n) is 13.7. The van der Waals surface area contributed by atoms with E-state index in [1.807, 2.05) is 31.3 Å². The van der Waals surface area contributed by atoms with Crippen LogP contribution >= 0.6 is 11.6 Å². The van der Waals surface area contributed by atoms with Gasteiger partial charge in [0.15, 0.2) is 5.96 Å². The van der Waals surface area contributed by atoms with Crippen LogP contribution in [-0.4, -0.2) is 68.2 Å². The maximum Gasteiger partial charge on any atom is 0.193 e. The third-order valence-electron chi connectivity index (χ3n) is 4.63. The fourth-order valence-corrected chi connectivity index (χ4v) is 3.53. The van der Waals surface area contributed by atoms with Crippen molar-refractivity contribution in [3.8, 4) is 0 Å². The number of likely N-dealkylation sites (tertiary alicyclic amines) is 1. The number of benzene rings is 1. The minimum absolute atomic E-state index is 0.609. The van der Waals surface area contributed by atoms with Crippen LogP contribution in [0.25, 0.3) is 0 Å². The molecule has 2 saturated heterocycles. The van der Waals surface area contributed by atoms with E-state index in [1.54, 1.807) is 0 Å². The van der Waals surface area contributed by atoms with Gasteiger partial charge in [0.25, 0.3) is 0 Å². The molecular weight excluding hydrogens is 312 g/mol. The summed E-state index contributed by atoms with van der Waals surface area (Å²) in [4.78, 5) is 9.33. The predicted molar refractivity (Wildman–Crippen MR) is 94.0 cm³/mol. The number of guanidine groups is 1. The van der Waals surface area contributed by atoms with Crippen molar-refractivity contribution in [3.05, 3.63) is 34.9 Å². The highest BCUT2D eigenvalue weighted by atomic mass is 35.5. The van der Waals surface area contributed by atoms with Crippen molar-refractivity contribution >= 4 is 17.6 Å². The number of aliphatic imine (C=N–C) groups is 1. The number of hydrogen-bond acceptors (Lipinski definition) is 3. The van der Waals surface area contributed by atoms with E-state index in [4.69, 9.17) is 16.3 Å². The van der Waals surface area contributed by atoms with Gasteiger partial charge < -0.3 is 15.0 Å². The van der Waals surface area contributed by atoms with E-state index in [1.165, 1.54) is 6.42 Å². The summed E-state index contributed by atoms with van der Waals surface area (Å²) in [5, 5.41) is 4.23. The molecule has 2 fully saturated rings. The molecule has 2 aliphatic rings. The second-order valence-electron chi connectivity index (χ2n) is 6.03. The van der Waals surface area contributed by atoms with Crippen molar-refractivity contribution in [2.45, 2.75) is 19.0 Å². The monoisotopic (exact) mass is 336 g/mol. The van der Waals surface area contributed by atoms with Crippen LogP contribution in [0.2, 0.25) is 5.02 Å². The largest absolute Gasteiger partial charge is 0.379 e. The highest BCUT2D eigenvalue weighted by molar-refractivity contribution is 6.31. The van der Waals surface area contributed by atoms with Crippen LogP contribution in [-0.2, 0) is 11.3 Å². The third kappa shape index (κ3) is 4.16. The number of morpholine rings is 1. The van der Waals surface area contributed by atoms with Gasteiger partial charge in [-0.15, -0.1) is 0 Å². The Morgan fingerprint density at radius 3 is 2.83 bits per heavy atom. The molecule has 1 unspecified atom stereocenters. The summed E-state index contributed by atoms with van der Waals surface area (Å²) in [5.41, 5.74) is 1.10. The van der Waals surface area contributed by atoms with E-state index in [9.17, 15) is 0 Å². The van der Waals surface area contributed by atoms with Crippen molar-refractivity contribution in [3.63, 3.8) is 0 Å². The Labute approximate surface area is 143 Å². The Morgan fingerprint density at radius 1 is 1.30 bits per heavy atom. The molecule has 1 atom stereocenters. The van der Waals surface area contributed by atoms with Crippen molar-refractivity contribution in [2.75, 3.05) is 46.4 Å². The number of nitrogens with zero attached hydrogens (tertiary/aromatic N) is 3. The molecule has 1 aromatic carbocycles. The SMILES string of the molecule is CN=C(NCc1ccccc1Cl)N1CCC(N2CCOCC2)C1. The highest BCUT2D eigenvalue weighted by Crippen LogP contribution is 2.18. The molecule has 0 amide bonds. The average molecular weight is 337 g/mol. The van der Waals surface area contributed by atoms with Gasteiger partial charge in [0.05, 0.1) is 13.2 Å². The van der Waals surface area contributed by atoms with Gasteiger partial charge in [-0.2, -0.15) is 0 Å². The number of ether oxygens (including phenoxy) is 1. The number of rotatable bonds is 3. The van der Waals surface area contributed by atoms with Gasteiger partial charge in [-0.25, -0.2) is 0 Å². The molecule has 23 heavy (non-hydrogen) atoms. The minimum atomic E-state index is 0.609. The Kier molecular flexibility index (Phi) is 5.75. The molecule has 0 radical (unpaired) electrons. The number of halogens is 1. The molecule has 3 rings (SSSR count). The molecule has 6 heteroatoms. The molecule has 0 aromatic heterocycles. The Balaban J connectivity index is 1.54. The number of hydrogen-bond donors (Lipinski definition) is 1. The van der Waals surface area contributed by atoms with Crippen LogP contribution in [0.1, 0.15) is 12.0 Å². The summed E-state index contributed by atoms with van der Waals surface area (Å²) >= 11 is 6.22. The first kappa shape index (κ1) is 16.6. The van der Waals surface area contributed by atoms with E-state index < -0.39 is 0 Å². The Bertz CT molecular complexity index is 545. The first-order valence-corrected chi connectivity index (χ1v) is 8.66. The normalized spacial score (nSPS) is 23.3. The molecule has 0 bridgehead atoms.